The van der Waals surface area contributed by atoms with E-state index in [0.29, 0.717) is 36.5 Å². The molecule has 1 unspecified atom stereocenters. The lowest BCUT2D eigenvalue weighted by Gasteiger charge is -2.30. The van der Waals surface area contributed by atoms with Crippen LogP contribution >= 0.6 is 0 Å². The monoisotopic (exact) mass is 440 g/mol. The predicted molar refractivity (Wildman–Crippen MR) is 121 cm³/mol. The van der Waals surface area contributed by atoms with Crippen LogP contribution in [0.5, 0.6) is 0 Å². The van der Waals surface area contributed by atoms with Crippen molar-refractivity contribution in [2.24, 2.45) is 5.10 Å². The molecule has 0 spiro atoms. The number of ketones is 1. The van der Waals surface area contributed by atoms with Crippen LogP contribution in [-0.2, 0) is 26.0 Å². The summed E-state index contributed by atoms with van der Waals surface area (Å²) in [7, 11) is -3.44. The summed E-state index contributed by atoms with van der Waals surface area (Å²) in [6.07, 6.45) is 2.70. The van der Waals surface area contributed by atoms with Crippen molar-refractivity contribution < 1.29 is 18.0 Å². The molecule has 1 atom stereocenters. The van der Waals surface area contributed by atoms with E-state index in [1.54, 1.807) is 22.0 Å². The van der Waals surface area contributed by atoms with Gasteiger partial charge in [0.1, 0.15) is 11.8 Å². The van der Waals surface area contributed by atoms with E-state index in [1.807, 2.05) is 36.4 Å². The molecule has 0 radical (unpaired) electrons. The van der Waals surface area contributed by atoms with Crippen LogP contribution in [0, 0.1) is 0 Å². The Balaban J connectivity index is 1.67. The highest BCUT2D eigenvalue weighted by atomic mass is 32.2. The van der Waals surface area contributed by atoms with Gasteiger partial charge in [-0.15, -0.1) is 0 Å². The molecule has 0 bridgehead atoms. The number of hydrogen-bond donors (Lipinski definition) is 1. The molecule has 2 aliphatic heterocycles. The molecule has 9 heteroatoms. The van der Waals surface area contributed by atoms with Crippen LogP contribution in [-0.4, -0.2) is 44.7 Å². The molecule has 162 valence electrons. The minimum atomic E-state index is -3.44. The first-order valence-electron chi connectivity index (χ1n) is 10.1. The van der Waals surface area contributed by atoms with Gasteiger partial charge in [-0.3, -0.25) is 19.3 Å². The number of nitrogens with one attached hydrogen (secondary N) is 1. The fourth-order valence-corrected chi connectivity index (χ4v) is 4.65. The molecule has 0 aliphatic carbocycles. The number of nitrogens with zero attached hydrogens (tertiary/aromatic N) is 3. The van der Waals surface area contributed by atoms with Gasteiger partial charge in [-0.05, 0) is 44.0 Å². The van der Waals surface area contributed by atoms with Crippen molar-refractivity contribution >= 4 is 44.5 Å². The Hall–Kier alpha value is -3.20. The third-order valence-corrected chi connectivity index (χ3v) is 6.03. The van der Waals surface area contributed by atoms with E-state index < -0.39 is 16.1 Å². The van der Waals surface area contributed by atoms with E-state index in [2.05, 4.69) is 9.82 Å². The molecular weight excluding hydrogens is 416 g/mol. The van der Waals surface area contributed by atoms with Crippen molar-refractivity contribution in [2.45, 2.75) is 32.2 Å². The van der Waals surface area contributed by atoms with Gasteiger partial charge in [0, 0.05) is 24.2 Å². The number of amides is 1. The number of hydrazone groups is 1. The van der Waals surface area contributed by atoms with Crippen LogP contribution in [0.3, 0.4) is 0 Å². The summed E-state index contributed by atoms with van der Waals surface area (Å²) >= 11 is 0. The van der Waals surface area contributed by atoms with Crippen LogP contribution < -0.4 is 14.6 Å². The van der Waals surface area contributed by atoms with Crippen molar-refractivity contribution in [3.05, 3.63) is 54.1 Å². The first kappa shape index (κ1) is 21.0. The number of para-hydroxylation sites is 1. The second-order valence-corrected chi connectivity index (χ2v) is 9.54. The van der Waals surface area contributed by atoms with Gasteiger partial charge in [0.15, 0.2) is 5.78 Å². The predicted octanol–water partition coefficient (Wildman–Crippen LogP) is 2.56. The number of sulfonamides is 1. The van der Waals surface area contributed by atoms with Crippen molar-refractivity contribution in [3.63, 3.8) is 0 Å². The molecule has 1 amide bonds. The van der Waals surface area contributed by atoms with Gasteiger partial charge in [0.2, 0.25) is 10.0 Å². The largest absolute Gasteiger partial charge is 0.307 e. The van der Waals surface area contributed by atoms with E-state index in [0.717, 1.165) is 17.5 Å². The number of carbonyl (C=O) groups excluding carboxylic acids is 2. The van der Waals surface area contributed by atoms with E-state index in [9.17, 15) is 18.0 Å². The van der Waals surface area contributed by atoms with Gasteiger partial charge < -0.3 is 4.90 Å². The average molecular weight is 441 g/mol. The van der Waals surface area contributed by atoms with Gasteiger partial charge in [-0.25, -0.2) is 8.42 Å². The van der Waals surface area contributed by atoms with E-state index in [4.69, 9.17) is 0 Å². The Morgan fingerprint density at radius 2 is 1.84 bits per heavy atom. The SMILES string of the molecule is CC(=O)C1CC(C(=O)N2CCCc3c(NS(C)(=O)=O)cccc32)=NN1c1ccccc1. The molecule has 2 aromatic carbocycles. The molecule has 4 rings (SSSR count). The highest BCUT2D eigenvalue weighted by molar-refractivity contribution is 7.92. The summed E-state index contributed by atoms with van der Waals surface area (Å²) in [5.74, 6) is -0.323. The fourth-order valence-electron chi connectivity index (χ4n) is 4.06. The zero-order valence-corrected chi connectivity index (χ0v) is 18.2. The van der Waals surface area contributed by atoms with Crippen LogP contribution in [0.25, 0.3) is 0 Å². The minimum Gasteiger partial charge on any atom is -0.307 e. The molecule has 2 aliphatic rings. The summed E-state index contributed by atoms with van der Waals surface area (Å²) in [6.45, 7) is 2.01. The van der Waals surface area contributed by atoms with Gasteiger partial charge in [-0.2, -0.15) is 5.10 Å². The normalized spacial score (nSPS) is 18.4. The molecule has 0 saturated heterocycles. The van der Waals surface area contributed by atoms with Gasteiger partial charge in [-0.1, -0.05) is 24.3 Å². The Labute approximate surface area is 181 Å². The van der Waals surface area contributed by atoms with Crippen molar-refractivity contribution in [2.75, 3.05) is 27.4 Å². The van der Waals surface area contributed by atoms with E-state index in [-0.39, 0.29) is 18.1 Å². The second-order valence-electron chi connectivity index (χ2n) is 7.80. The van der Waals surface area contributed by atoms with Crippen molar-refractivity contribution in [3.8, 4) is 0 Å². The molecule has 8 nitrogen and oxygen atoms in total. The van der Waals surface area contributed by atoms with Crippen LogP contribution in [0.2, 0.25) is 0 Å². The fraction of sp³-hybridized carbons (Fsp3) is 0.318. The molecule has 2 heterocycles. The summed E-state index contributed by atoms with van der Waals surface area (Å²) in [5, 5.41) is 6.13. The number of fused-ring (bicyclic) bond motifs is 1. The summed E-state index contributed by atoms with van der Waals surface area (Å²) in [6, 6.07) is 14.0. The van der Waals surface area contributed by atoms with E-state index >= 15 is 0 Å². The number of rotatable bonds is 5. The summed E-state index contributed by atoms with van der Waals surface area (Å²) in [5.41, 5.74) is 3.01. The lowest BCUT2D eigenvalue weighted by Crippen LogP contribution is -2.40. The van der Waals surface area contributed by atoms with Crippen molar-refractivity contribution in [1.29, 1.82) is 0 Å². The molecule has 31 heavy (non-hydrogen) atoms. The Morgan fingerprint density at radius 1 is 1.10 bits per heavy atom. The zero-order valence-electron chi connectivity index (χ0n) is 17.4. The van der Waals surface area contributed by atoms with Crippen LogP contribution in [0.1, 0.15) is 25.3 Å². The summed E-state index contributed by atoms with van der Waals surface area (Å²) in [4.78, 5) is 27.3. The quantitative estimate of drug-likeness (QED) is 0.770. The second kappa shape index (κ2) is 8.14. The lowest BCUT2D eigenvalue weighted by molar-refractivity contribution is -0.118. The zero-order chi connectivity index (χ0) is 22.2. The molecule has 2 aromatic rings. The first-order chi connectivity index (χ1) is 14.7. The Morgan fingerprint density at radius 3 is 2.52 bits per heavy atom. The highest BCUT2D eigenvalue weighted by Gasteiger charge is 2.37. The third kappa shape index (κ3) is 4.32. The minimum absolute atomic E-state index is 0.0610. The number of anilines is 3. The summed E-state index contributed by atoms with van der Waals surface area (Å²) < 4.78 is 26.0. The highest BCUT2D eigenvalue weighted by Crippen LogP contribution is 2.34. The number of hydrogen-bond acceptors (Lipinski definition) is 6. The molecule has 0 saturated carbocycles. The van der Waals surface area contributed by atoms with Gasteiger partial charge in [0.05, 0.1) is 17.6 Å². The van der Waals surface area contributed by atoms with Gasteiger partial charge >= 0.3 is 0 Å². The topological polar surface area (TPSA) is 99.2 Å². The van der Waals surface area contributed by atoms with Gasteiger partial charge in [0.25, 0.3) is 5.91 Å². The average Bonchev–Trinajstić information content (AvgIpc) is 3.19. The third-order valence-electron chi connectivity index (χ3n) is 5.44. The Kier molecular flexibility index (Phi) is 5.53. The number of Topliss-reactive ketones (excluding diaryl/α,β-unsaturated/α-hetero) is 1. The first-order valence-corrected chi connectivity index (χ1v) is 12.0. The maximum atomic E-state index is 13.4. The van der Waals surface area contributed by atoms with Crippen LogP contribution in [0.4, 0.5) is 17.1 Å². The standard InChI is InChI=1S/C22H24N4O4S/c1-15(27)21-14-19(23-26(21)16-8-4-3-5-9-16)22(28)25-13-7-10-17-18(24-31(2,29)30)11-6-12-20(17)25/h3-6,8-9,11-12,21,24H,7,10,13-14H2,1-2H3. The Bertz CT molecular complexity index is 1160. The molecule has 0 aromatic heterocycles. The molecule has 1 N–H and O–H groups in total. The van der Waals surface area contributed by atoms with Crippen molar-refractivity contribution in [1.82, 2.24) is 0 Å². The molecule has 0 fully saturated rings. The maximum absolute atomic E-state index is 13.4. The van der Waals surface area contributed by atoms with E-state index in [1.165, 1.54) is 6.92 Å². The van der Waals surface area contributed by atoms with Crippen LogP contribution in [0.15, 0.2) is 53.6 Å². The maximum Gasteiger partial charge on any atom is 0.274 e. The molecular formula is C22H24N4O4S. The number of benzene rings is 2. The number of carbonyl (C=O) groups is 2. The lowest BCUT2D eigenvalue weighted by atomic mass is 9.98. The smallest absolute Gasteiger partial charge is 0.274 e.